The van der Waals surface area contributed by atoms with Gasteiger partial charge < -0.3 is 41.0 Å². The second kappa shape index (κ2) is 25.9. The molecule has 3 heterocycles. The fourth-order valence-corrected chi connectivity index (χ4v) is 7.92. The van der Waals surface area contributed by atoms with Crippen molar-refractivity contribution >= 4 is 74.8 Å². The number of nitrogens with zero attached hydrogens (tertiary/aromatic N) is 4. The number of para-hydroxylation sites is 1. The van der Waals surface area contributed by atoms with Crippen LogP contribution in [0.1, 0.15) is 83.9 Å². The van der Waals surface area contributed by atoms with Gasteiger partial charge in [0.1, 0.15) is 17.1 Å². The predicted octanol–water partition coefficient (Wildman–Crippen LogP) is 2.66. The molecule has 6 N–H and O–H groups in total. The highest BCUT2D eigenvalue weighted by Crippen LogP contribution is 2.30. The fourth-order valence-electron chi connectivity index (χ4n) is 6.93. The van der Waals surface area contributed by atoms with E-state index in [-0.39, 0.29) is 92.7 Å². The highest BCUT2D eigenvalue weighted by Gasteiger charge is 2.39. The molecule has 0 bridgehead atoms. The zero-order valence-corrected chi connectivity index (χ0v) is 36.2. The summed E-state index contributed by atoms with van der Waals surface area (Å²) < 4.78 is 13.3. The van der Waals surface area contributed by atoms with Crippen molar-refractivity contribution in [2.75, 3.05) is 71.1 Å². The van der Waals surface area contributed by atoms with Crippen LogP contribution in [0.4, 0.5) is 5.82 Å². The number of anilines is 1. The SMILES string of the molecule is CCCCc1nc2c(N)nc3ccccc3c2n1CCCCNC(=O)CCOCCOCCNC(=O)CCN1C(=O)CC(SCC(=O)NCCCCC(NC)C(C)=O)C1=O. The number of aryl methyl sites for hydroxylation is 2. The highest BCUT2D eigenvalue weighted by molar-refractivity contribution is 8.01. The largest absolute Gasteiger partial charge is 0.382 e. The van der Waals surface area contributed by atoms with Crippen LogP contribution in [0.25, 0.3) is 21.9 Å². The number of carbonyl (C=O) groups is 6. The molecule has 0 spiro atoms. The van der Waals surface area contributed by atoms with Gasteiger partial charge in [-0.1, -0.05) is 31.5 Å². The monoisotopic (exact) mass is 853 g/mol. The number of likely N-dealkylation sites (N-methyl/N-ethyl adjacent to an activating group) is 1. The number of hydrogen-bond acceptors (Lipinski definition) is 13. The number of ketones is 1. The molecule has 60 heavy (non-hydrogen) atoms. The second-order valence-corrected chi connectivity index (χ2v) is 16.0. The van der Waals surface area contributed by atoms with Gasteiger partial charge in [-0.2, -0.15) is 0 Å². The van der Waals surface area contributed by atoms with E-state index in [0.29, 0.717) is 38.5 Å². The molecule has 0 radical (unpaired) electrons. The van der Waals surface area contributed by atoms with Crippen LogP contribution < -0.4 is 27.0 Å². The molecule has 5 amide bonds. The molecule has 18 heteroatoms. The normalized spacial score (nSPS) is 14.6. The van der Waals surface area contributed by atoms with Crippen LogP contribution in [0, 0.1) is 0 Å². The van der Waals surface area contributed by atoms with Crippen molar-refractivity contribution in [3.63, 3.8) is 0 Å². The molecule has 1 aliphatic rings. The molecule has 0 aliphatic carbocycles. The number of fused-ring (bicyclic) bond motifs is 3. The summed E-state index contributed by atoms with van der Waals surface area (Å²) in [5.74, 6) is 0.218. The maximum atomic E-state index is 12.8. The number of pyridine rings is 1. The number of benzene rings is 1. The highest BCUT2D eigenvalue weighted by atomic mass is 32.2. The Bertz CT molecular complexity index is 1910. The van der Waals surface area contributed by atoms with Crippen molar-refractivity contribution in [3.05, 3.63) is 30.1 Å². The summed E-state index contributed by atoms with van der Waals surface area (Å²) in [4.78, 5) is 84.2. The molecular weight excluding hydrogens is 791 g/mol. The quantitative estimate of drug-likeness (QED) is 0.0481. The molecule has 1 aliphatic heterocycles. The average molecular weight is 854 g/mol. The average Bonchev–Trinajstić information content (AvgIpc) is 3.73. The number of nitrogen functional groups attached to an aromatic ring is 1. The Morgan fingerprint density at radius 2 is 1.57 bits per heavy atom. The van der Waals surface area contributed by atoms with Crippen LogP contribution in [-0.2, 0) is 51.2 Å². The van der Waals surface area contributed by atoms with Gasteiger partial charge in [0.15, 0.2) is 5.82 Å². The number of Topliss-reactive ketones (excluding diaryl/α,β-unsaturated/α-hetero) is 1. The number of carbonyl (C=O) groups excluding carboxylic acids is 6. The maximum Gasteiger partial charge on any atom is 0.242 e. The Kier molecular flexibility index (Phi) is 20.7. The van der Waals surface area contributed by atoms with Gasteiger partial charge >= 0.3 is 0 Å². The molecule has 1 saturated heterocycles. The van der Waals surface area contributed by atoms with Gasteiger partial charge in [0.05, 0.1) is 54.5 Å². The minimum Gasteiger partial charge on any atom is -0.382 e. The molecule has 0 saturated carbocycles. The molecule has 1 fully saturated rings. The summed E-state index contributed by atoms with van der Waals surface area (Å²) in [6.07, 6.45) is 7.04. The van der Waals surface area contributed by atoms with Crippen LogP contribution >= 0.6 is 11.8 Å². The fraction of sp³-hybridized carbons (Fsp3) is 0.619. The lowest BCUT2D eigenvalue weighted by Crippen LogP contribution is -2.36. The summed E-state index contributed by atoms with van der Waals surface area (Å²) in [7, 11) is 1.75. The number of unbranched alkanes of at least 4 members (excludes halogenated alkanes) is 3. The number of imidazole rings is 1. The minimum atomic E-state index is -0.654. The number of ether oxygens (including phenoxy) is 2. The van der Waals surface area contributed by atoms with Gasteiger partial charge in [0.2, 0.25) is 29.5 Å². The molecule has 17 nitrogen and oxygen atoms in total. The predicted molar refractivity (Wildman–Crippen MR) is 232 cm³/mol. The lowest BCUT2D eigenvalue weighted by atomic mass is 10.1. The molecule has 330 valence electrons. The van der Waals surface area contributed by atoms with E-state index in [1.807, 2.05) is 18.2 Å². The lowest BCUT2D eigenvalue weighted by molar-refractivity contribution is -0.138. The standard InChI is InChI=1S/C42H63N9O8S/c1-4-5-15-34-49-39-40(30-12-6-7-14-32(30)48-41(39)43)50(34)21-11-10-19-45-36(54)17-23-58-25-26-59-24-20-47-35(53)16-22-51-38(56)27-33(42(51)57)60-28-37(55)46-18-9-8-13-31(44-3)29(2)52/h6-7,12,14,31,33,44H,4-5,8-11,13,15-28H2,1-3H3,(H2,43,48)(H,45,54)(H,46,55)(H,47,53). The van der Waals surface area contributed by atoms with Crippen LogP contribution in [0.3, 0.4) is 0 Å². The zero-order valence-electron chi connectivity index (χ0n) is 35.4. The first kappa shape index (κ1) is 48.0. The number of amides is 5. The first-order chi connectivity index (χ1) is 29.0. The Morgan fingerprint density at radius 1 is 0.867 bits per heavy atom. The van der Waals surface area contributed by atoms with Gasteiger partial charge in [0, 0.05) is 63.8 Å². The van der Waals surface area contributed by atoms with E-state index in [0.717, 1.165) is 95.9 Å². The summed E-state index contributed by atoms with van der Waals surface area (Å²) in [5.41, 5.74) is 8.93. The Morgan fingerprint density at radius 3 is 2.32 bits per heavy atom. The summed E-state index contributed by atoms with van der Waals surface area (Å²) in [6, 6.07) is 7.80. The maximum absolute atomic E-state index is 12.8. The Labute approximate surface area is 356 Å². The third-order valence-corrected chi connectivity index (χ3v) is 11.4. The van der Waals surface area contributed by atoms with Gasteiger partial charge in [-0.15, -0.1) is 11.8 Å². The van der Waals surface area contributed by atoms with Gasteiger partial charge in [-0.05, 0) is 58.6 Å². The summed E-state index contributed by atoms with van der Waals surface area (Å²) in [5, 5.41) is 11.8. The Hall–Kier alpha value is -4.65. The minimum absolute atomic E-state index is 0.00559. The van der Waals surface area contributed by atoms with Gasteiger partial charge in [-0.25, -0.2) is 9.97 Å². The third-order valence-electron chi connectivity index (χ3n) is 10.2. The van der Waals surface area contributed by atoms with Crippen molar-refractivity contribution in [1.82, 2.24) is 40.7 Å². The molecule has 2 aromatic heterocycles. The topological polar surface area (TPSA) is 229 Å². The summed E-state index contributed by atoms with van der Waals surface area (Å²) >= 11 is 1.12. The Balaban J connectivity index is 0.988. The van der Waals surface area contributed by atoms with E-state index >= 15 is 0 Å². The number of imide groups is 1. The third kappa shape index (κ3) is 15.1. The van der Waals surface area contributed by atoms with Crippen LogP contribution in [-0.4, -0.2) is 131 Å². The van der Waals surface area contributed by atoms with Crippen molar-refractivity contribution < 1.29 is 38.2 Å². The van der Waals surface area contributed by atoms with Crippen LogP contribution in [0.5, 0.6) is 0 Å². The molecule has 4 rings (SSSR count). The smallest absolute Gasteiger partial charge is 0.242 e. The van der Waals surface area contributed by atoms with Crippen molar-refractivity contribution in [2.45, 2.75) is 102 Å². The number of thioether (sulfide) groups is 1. The molecule has 2 atom stereocenters. The summed E-state index contributed by atoms with van der Waals surface area (Å²) in [6.45, 7) is 6.83. The second-order valence-electron chi connectivity index (χ2n) is 14.8. The van der Waals surface area contributed by atoms with E-state index in [9.17, 15) is 28.8 Å². The van der Waals surface area contributed by atoms with Gasteiger partial charge in [0.25, 0.3) is 0 Å². The van der Waals surface area contributed by atoms with E-state index in [2.05, 4.69) is 43.8 Å². The number of hydrogen-bond donors (Lipinski definition) is 5. The van der Waals surface area contributed by atoms with Crippen LogP contribution in [0.2, 0.25) is 0 Å². The zero-order chi connectivity index (χ0) is 43.3. The van der Waals surface area contributed by atoms with Crippen LogP contribution in [0.15, 0.2) is 24.3 Å². The number of rotatable bonds is 30. The van der Waals surface area contributed by atoms with Crippen molar-refractivity contribution in [2.24, 2.45) is 0 Å². The molecule has 2 unspecified atom stereocenters. The molecule has 1 aromatic carbocycles. The van der Waals surface area contributed by atoms with Crippen molar-refractivity contribution in [3.8, 4) is 0 Å². The number of likely N-dealkylation sites (tertiary alicyclic amines) is 1. The van der Waals surface area contributed by atoms with E-state index in [4.69, 9.17) is 20.2 Å². The van der Waals surface area contributed by atoms with E-state index < -0.39 is 5.25 Å². The van der Waals surface area contributed by atoms with Crippen molar-refractivity contribution in [1.29, 1.82) is 0 Å². The number of nitrogens with two attached hydrogens (primary N) is 1. The first-order valence-corrected chi connectivity index (χ1v) is 22.2. The first-order valence-electron chi connectivity index (χ1n) is 21.2. The lowest BCUT2D eigenvalue weighted by Gasteiger charge is -2.15. The molecule has 3 aromatic rings. The molecular formula is C42H63N9O8S. The number of aromatic nitrogens is 3. The van der Waals surface area contributed by atoms with E-state index in [1.165, 1.54) is 0 Å². The van der Waals surface area contributed by atoms with E-state index in [1.54, 1.807) is 14.0 Å². The number of nitrogens with one attached hydrogen (secondary N) is 4. The van der Waals surface area contributed by atoms with Gasteiger partial charge in [-0.3, -0.25) is 33.7 Å².